The normalized spacial score (nSPS) is 17.0. The number of aliphatic hydroxyl groups excluding tert-OH is 1. The Morgan fingerprint density at radius 1 is 1.28 bits per heavy atom. The Labute approximate surface area is 171 Å². The molecule has 3 rings (SSSR count). The van der Waals surface area contributed by atoms with Crippen molar-refractivity contribution in [3.63, 3.8) is 0 Å². The molecule has 1 atom stereocenters. The number of carbonyl (C=O) groups excluding carboxylic acids is 2. The van der Waals surface area contributed by atoms with Crippen LogP contribution in [0.3, 0.4) is 0 Å². The van der Waals surface area contributed by atoms with Crippen molar-refractivity contribution in [2.45, 2.75) is 19.0 Å². The van der Waals surface area contributed by atoms with Crippen LogP contribution in [0.15, 0.2) is 48.7 Å². The van der Waals surface area contributed by atoms with E-state index < -0.39 is 36.0 Å². The zero-order valence-corrected chi connectivity index (χ0v) is 16.1. The van der Waals surface area contributed by atoms with Gasteiger partial charge in [-0.25, -0.2) is 13.8 Å². The van der Waals surface area contributed by atoms with Crippen LogP contribution in [0.4, 0.5) is 14.6 Å². The smallest absolute Gasteiger partial charge is 0.255 e. The minimum absolute atomic E-state index is 0.0321. The van der Waals surface area contributed by atoms with Crippen LogP contribution >= 0.6 is 11.6 Å². The first-order valence-corrected chi connectivity index (χ1v) is 9.14. The highest BCUT2D eigenvalue weighted by molar-refractivity contribution is 6.30. The van der Waals surface area contributed by atoms with E-state index in [1.807, 2.05) is 0 Å². The Morgan fingerprint density at radius 3 is 2.59 bits per heavy atom. The number of hydrogen-bond acceptors (Lipinski definition) is 4. The Balaban J connectivity index is 1.96. The Kier molecular flexibility index (Phi) is 6.24. The van der Waals surface area contributed by atoms with Gasteiger partial charge in [0.1, 0.15) is 18.4 Å². The van der Waals surface area contributed by atoms with E-state index in [1.54, 1.807) is 0 Å². The van der Waals surface area contributed by atoms with E-state index in [9.17, 15) is 23.5 Å². The van der Waals surface area contributed by atoms with E-state index in [0.717, 1.165) is 11.0 Å². The fourth-order valence-electron chi connectivity index (χ4n) is 3.16. The molecule has 2 heterocycles. The monoisotopic (exact) mass is 421 g/mol. The molecule has 0 aliphatic carbocycles. The number of hydrogen-bond donors (Lipinski definition) is 1. The number of anilines is 1. The van der Waals surface area contributed by atoms with E-state index in [1.165, 1.54) is 35.4 Å². The Morgan fingerprint density at radius 2 is 1.97 bits per heavy atom. The summed E-state index contributed by atoms with van der Waals surface area (Å²) in [6, 6.07) is 5.40. The molecule has 0 bridgehead atoms. The maximum atomic E-state index is 14.3. The van der Waals surface area contributed by atoms with E-state index in [4.69, 9.17) is 11.6 Å². The van der Waals surface area contributed by atoms with Crippen molar-refractivity contribution in [1.29, 1.82) is 0 Å². The van der Waals surface area contributed by atoms with Gasteiger partial charge in [-0.1, -0.05) is 30.3 Å². The number of aromatic nitrogens is 1. The van der Waals surface area contributed by atoms with Crippen LogP contribution in [0.5, 0.6) is 0 Å². The van der Waals surface area contributed by atoms with Crippen LogP contribution in [0.1, 0.15) is 12.0 Å². The van der Waals surface area contributed by atoms with E-state index in [0.29, 0.717) is 11.1 Å². The molecule has 152 valence electrons. The number of pyridine rings is 1. The largest absolute Gasteiger partial charge is 0.396 e. The molecular weight excluding hydrogens is 404 g/mol. The summed E-state index contributed by atoms with van der Waals surface area (Å²) in [5, 5.41) is 9.32. The van der Waals surface area contributed by atoms with Gasteiger partial charge >= 0.3 is 0 Å². The molecule has 1 aromatic carbocycles. The SMILES string of the molecule is C=C(CCO)[C@H]1C(=O)N(c2ncc(Cl)cc2F)CC(=O)N1Cc1ccc(F)cc1. The average Bonchev–Trinajstić information content (AvgIpc) is 2.67. The number of amides is 2. The molecule has 0 saturated carbocycles. The van der Waals surface area contributed by atoms with Gasteiger partial charge < -0.3 is 10.0 Å². The van der Waals surface area contributed by atoms with E-state index in [-0.39, 0.29) is 30.4 Å². The predicted octanol–water partition coefficient (Wildman–Crippen LogP) is 2.70. The molecule has 29 heavy (non-hydrogen) atoms. The number of nitrogens with zero attached hydrogens (tertiary/aromatic N) is 3. The summed E-state index contributed by atoms with van der Waals surface area (Å²) < 4.78 is 27.5. The van der Waals surface area contributed by atoms with Gasteiger partial charge in [-0.05, 0) is 35.8 Å². The van der Waals surface area contributed by atoms with Gasteiger partial charge in [0.25, 0.3) is 5.91 Å². The van der Waals surface area contributed by atoms with Crippen LogP contribution in [-0.2, 0) is 16.1 Å². The quantitative estimate of drug-likeness (QED) is 0.728. The second-order valence-corrected chi connectivity index (χ2v) is 7.00. The van der Waals surface area contributed by atoms with Crippen molar-refractivity contribution in [2.75, 3.05) is 18.1 Å². The van der Waals surface area contributed by atoms with Crippen LogP contribution in [0.25, 0.3) is 0 Å². The highest BCUT2D eigenvalue weighted by Crippen LogP contribution is 2.28. The molecule has 1 aliphatic rings. The first-order valence-electron chi connectivity index (χ1n) is 8.76. The molecule has 1 N–H and O–H groups in total. The Hall–Kier alpha value is -2.84. The minimum atomic E-state index is -1.12. The van der Waals surface area contributed by atoms with Crippen molar-refractivity contribution in [3.05, 3.63) is 70.9 Å². The van der Waals surface area contributed by atoms with Crippen molar-refractivity contribution >= 4 is 29.2 Å². The fraction of sp³-hybridized carbons (Fsp3) is 0.250. The predicted molar refractivity (Wildman–Crippen MR) is 103 cm³/mol. The van der Waals surface area contributed by atoms with Gasteiger partial charge in [0.2, 0.25) is 5.91 Å². The lowest BCUT2D eigenvalue weighted by molar-refractivity contribution is -0.142. The molecular formula is C20H18ClF2N3O3. The first kappa shape index (κ1) is 20.9. The fourth-order valence-corrected chi connectivity index (χ4v) is 3.30. The molecule has 0 radical (unpaired) electrons. The summed E-state index contributed by atoms with van der Waals surface area (Å²) >= 11 is 5.72. The molecule has 9 heteroatoms. The van der Waals surface area contributed by atoms with Crippen molar-refractivity contribution in [3.8, 4) is 0 Å². The number of carbonyl (C=O) groups is 2. The van der Waals surface area contributed by atoms with E-state index >= 15 is 0 Å². The molecule has 2 amide bonds. The second kappa shape index (κ2) is 8.67. The topological polar surface area (TPSA) is 73.7 Å². The van der Waals surface area contributed by atoms with Gasteiger partial charge in [-0.2, -0.15) is 0 Å². The summed E-state index contributed by atoms with van der Waals surface area (Å²) in [5.74, 6) is -2.63. The van der Waals surface area contributed by atoms with Crippen molar-refractivity contribution < 1.29 is 23.5 Å². The average molecular weight is 422 g/mol. The number of benzene rings is 1. The molecule has 1 aliphatic heterocycles. The van der Waals surface area contributed by atoms with Gasteiger partial charge in [0.05, 0.1) is 5.02 Å². The summed E-state index contributed by atoms with van der Waals surface area (Å²) in [7, 11) is 0. The maximum Gasteiger partial charge on any atom is 0.255 e. The number of halogens is 3. The highest BCUT2D eigenvalue weighted by Gasteiger charge is 2.42. The number of rotatable bonds is 6. The Bertz CT molecular complexity index is 952. The molecule has 1 aromatic heterocycles. The van der Waals surface area contributed by atoms with Crippen LogP contribution in [0, 0.1) is 11.6 Å². The molecule has 6 nitrogen and oxygen atoms in total. The lowest BCUT2D eigenvalue weighted by Gasteiger charge is -2.40. The third kappa shape index (κ3) is 4.44. The van der Waals surface area contributed by atoms with Gasteiger partial charge in [-0.3, -0.25) is 14.5 Å². The first-order chi connectivity index (χ1) is 13.8. The summed E-state index contributed by atoms with van der Waals surface area (Å²) in [4.78, 5) is 32.1. The standard InChI is InChI=1S/C20H18ClF2N3O3/c1-12(6-7-27)18-20(29)26(19-16(23)8-14(21)9-24-19)11-17(28)25(18)10-13-2-4-15(22)5-3-13/h2-5,8-9,18,27H,1,6-7,10-11H2/t18-/m0/s1. The second-order valence-electron chi connectivity index (χ2n) is 6.57. The number of aliphatic hydroxyl groups is 1. The lowest BCUT2D eigenvalue weighted by atomic mass is 9.99. The van der Waals surface area contributed by atoms with Crippen molar-refractivity contribution in [2.24, 2.45) is 0 Å². The maximum absolute atomic E-state index is 14.3. The van der Waals surface area contributed by atoms with Crippen LogP contribution < -0.4 is 4.90 Å². The molecule has 0 spiro atoms. The number of piperazine rings is 1. The van der Waals surface area contributed by atoms with Gasteiger partial charge in [-0.15, -0.1) is 0 Å². The zero-order chi connectivity index (χ0) is 21.1. The molecule has 0 unspecified atom stereocenters. The minimum Gasteiger partial charge on any atom is -0.396 e. The van der Waals surface area contributed by atoms with Gasteiger partial charge in [0, 0.05) is 19.3 Å². The summed E-state index contributed by atoms with van der Waals surface area (Å²) in [6.07, 6.45) is 1.26. The van der Waals surface area contributed by atoms with Crippen LogP contribution in [0.2, 0.25) is 5.02 Å². The third-order valence-electron chi connectivity index (χ3n) is 4.56. The summed E-state index contributed by atoms with van der Waals surface area (Å²) in [5.41, 5.74) is 0.908. The molecule has 1 fully saturated rings. The summed E-state index contributed by atoms with van der Waals surface area (Å²) in [6.45, 7) is 3.17. The zero-order valence-electron chi connectivity index (χ0n) is 15.3. The van der Waals surface area contributed by atoms with E-state index in [2.05, 4.69) is 11.6 Å². The van der Waals surface area contributed by atoms with Crippen LogP contribution in [-0.4, -0.2) is 46.0 Å². The van der Waals surface area contributed by atoms with Gasteiger partial charge in [0.15, 0.2) is 11.6 Å². The third-order valence-corrected chi connectivity index (χ3v) is 4.76. The molecule has 2 aromatic rings. The highest BCUT2D eigenvalue weighted by atomic mass is 35.5. The molecule has 1 saturated heterocycles. The lowest BCUT2D eigenvalue weighted by Crippen LogP contribution is -2.60. The van der Waals surface area contributed by atoms with Crippen molar-refractivity contribution in [1.82, 2.24) is 9.88 Å².